The fourth-order valence-corrected chi connectivity index (χ4v) is 5.39. The first-order valence-corrected chi connectivity index (χ1v) is 12.1. The van der Waals surface area contributed by atoms with Crippen LogP contribution < -0.4 is 0 Å². The highest BCUT2D eigenvalue weighted by Crippen LogP contribution is 2.28. The largest absolute Gasteiger partial charge is 0.381 e. The Balaban J connectivity index is 1.37. The van der Waals surface area contributed by atoms with E-state index in [9.17, 15) is 0 Å². The van der Waals surface area contributed by atoms with Gasteiger partial charge in [0, 0.05) is 50.6 Å². The number of hydrogen-bond acceptors (Lipinski definition) is 4. The van der Waals surface area contributed by atoms with Gasteiger partial charge in [-0.1, -0.05) is 67.2 Å². The standard InChI is InChI=1S/C28H38N2O2/c1-22-18-29(20-25-14-16-31-17-15-25)19-23(2)30(22)24(3)21-32-28(26-10-6-4-7-11-26)27-12-8-5-9-13-27/h4-13,22-23,25,28H,3,14-21H2,1-2H3. The lowest BCUT2D eigenvalue weighted by Crippen LogP contribution is -2.57. The average Bonchev–Trinajstić information content (AvgIpc) is 2.81. The van der Waals surface area contributed by atoms with Crippen molar-refractivity contribution in [2.75, 3.05) is 39.5 Å². The second-order valence-electron chi connectivity index (χ2n) is 9.46. The van der Waals surface area contributed by atoms with Gasteiger partial charge in [-0.05, 0) is 43.7 Å². The van der Waals surface area contributed by atoms with E-state index in [-0.39, 0.29) is 6.10 Å². The number of nitrogens with zero attached hydrogens (tertiary/aromatic N) is 2. The van der Waals surface area contributed by atoms with Gasteiger partial charge in [-0.3, -0.25) is 4.90 Å². The fraction of sp³-hybridized carbons (Fsp3) is 0.500. The van der Waals surface area contributed by atoms with Crippen molar-refractivity contribution in [1.82, 2.24) is 9.80 Å². The molecule has 2 fully saturated rings. The molecule has 2 saturated heterocycles. The van der Waals surface area contributed by atoms with E-state index in [4.69, 9.17) is 9.47 Å². The van der Waals surface area contributed by atoms with Gasteiger partial charge in [0.2, 0.25) is 0 Å². The molecule has 2 unspecified atom stereocenters. The van der Waals surface area contributed by atoms with Crippen LogP contribution in [0.25, 0.3) is 0 Å². The van der Waals surface area contributed by atoms with Gasteiger partial charge in [-0.25, -0.2) is 0 Å². The zero-order valence-corrected chi connectivity index (χ0v) is 19.7. The summed E-state index contributed by atoms with van der Waals surface area (Å²) in [5.74, 6) is 0.777. The molecule has 4 rings (SSSR count). The number of rotatable bonds is 8. The van der Waals surface area contributed by atoms with Crippen LogP contribution in [0.4, 0.5) is 0 Å². The Morgan fingerprint density at radius 2 is 1.47 bits per heavy atom. The molecule has 0 radical (unpaired) electrons. The number of hydrogen-bond donors (Lipinski definition) is 0. The Bertz CT molecular complexity index is 784. The van der Waals surface area contributed by atoms with Crippen LogP contribution in [0.2, 0.25) is 0 Å². The van der Waals surface area contributed by atoms with Gasteiger partial charge in [0.1, 0.15) is 6.10 Å². The van der Waals surface area contributed by atoms with Gasteiger partial charge in [-0.2, -0.15) is 0 Å². The Kier molecular flexibility index (Phi) is 8.01. The summed E-state index contributed by atoms with van der Waals surface area (Å²) < 4.78 is 12.0. The van der Waals surface area contributed by atoms with Gasteiger partial charge in [0.15, 0.2) is 0 Å². The molecular formula is C28H38N2O2. The maximum atomic E-state index is 6.51. The van der Waals surface area contributed by atoms with Crippen molar-refractivity contribution in [3.8, 4) is 0 Å². The third-order valence-electron chi connectivity index (χ3n) is 6.84. The predicted molar refractivity (Wildman–Crippen MR) is 131 cm³/mol. The minimum atomic E-state index is -0.0884. The number of piperazine rings is 1. The number of benzene rings is 2. The first-order chi connectivity index (χ1) is 15.6. The second kappa shape index (κ2) is 11.1. The van der Waals surface area contributed by atoms with Gasteiger partial charge >= 0.3 is 0 Å². The van der Waals surface area contributed by atoms with Gasteiger partial charge in [-0.15, -0.1) is 0 Å². The highest BCUT2D eigenvalue weighted by molar-refractivity contribution is 5.30. The van der Waals surface area contributed by atoms with E-state index in [2.05, 4.69) is 78.8 Å². The lowest BCUT2D eigenvalue weighted by Gasteiger charge is -2.47. The maximum Gasteiger partial charge on any atom is 0.108 e. The zero-order chi connectivity index (χ0) is 22.3. The van der Waals surface area contributed by atoms with Crippen molar-refractivity contribution in [2.45, 2.75) is 44.9 Å². The summed E-state index contributed by atoms with van der Waals surface area (Å²) in [5, 5.41) is 0. The molecule has 2 aromatic rings. The fourth-order valence-electron chi connectivity index (χ4n) is 5.39. The van der Waals surface area contributed by atoms with Crippen molar-refractivity contribution < 1.29 is 9.47 Å². The summed E-state index contributed by atoms with van der Waals surface area (Å²) in [4.78, 5) is 5.13. The molecule has 2 aliphatic heterocycles. The molecule has 0 amide bonds. The molecule has 32 heavy (non-hydrogen) atoms. The van der Waals surface area contributed by atoms with Crippen molar-refractivity contribution in [1.29, 1.82) is 0 Å². The molecule has 172 valence electrons. The lowest BCUT2D eigenvalue weighted by atomic mass is 9.98. The van der Waals surface area contributed by atoms with Crippen LogP contribution in [-0.2, 0) is 9.47 Å². The van der Waals surface area contributed by atoms with E-state index in [0.29, 0.717) is 18.7 Å². The summed E-state index contributed by atoms with van der Waals surface area (Å²) in [6.07, 6.45) is 2.31. The normalized spacial score (nSPS) is 22.9. The molecule has 0 aromatic heterocycles. The van der Waals surface area contributed by atoms with Crippen LogP contribution in [0, 0.1) is 5.92 Å². The first kappa shape index (κ1) is 23.0. The van der Waals surface area contributed by atoms with E-state index >= 15 is 0 Å². The molecule has 0 N–H and O–H groups in total. The third-order valence-corrected chi connectivity index (χ3v) is 6.84. The molecule has 0 saturated carbocycles. The van der Waals surface area contributed by atoms with Crippen LogP contribution in [0.1, 0.15) is 43.9 Å². The predicted octanol–water partition coefficient (Wildman–Crippen LogP) is 5.13. The minimum Gasteiger partial charge on any atom is -0.381 e. The van der Waals surface area contributed by atoms with E-state index in [1.54, 1.807) is 0 Å². The molecule has 4 heteroatoms. The highest BCUT2D eigenvalue weighted by Gasteiger charge is 2.32. The summed E-state index contributed by atoms with van der Waals surface area (Å²) in [6, 6.07) is 21.8. The molecule has 0 spiro atoms. The molecule has 2 aliphatic rings. The third kappa shape index (κ3) is 5.80. The molecule has 0 bridgehead atoms. The summed E-state index contributed by atoms with van der Waals surface area (Å²) >= 11 is 0. The van der Waals surface area contributed by atoms with Crippen LogP contribution in [0.3, 0.4) is 0 Å². The quantitative estimate of drug-likeness (QED) is 0.575. The second-order valence-corrected chi connectivity index (χ2v) is 9.46. The Morgan fingerprint density at radius 3 is 2.00 bits per heavy atom. The van der Waals surface area contributed by atoms with Crippen LogP contribution in [0.15, 0.2) is 72.9 Å². The van der Waals surface area contributed by atoms with Crippen LogP contribution in [0.5, 0.6) is 0 Å². The average molecular weight is 435 g/mol. The van der Waals surface area contributed by atoms with E-state index < -0.39 is 0 Å². The SMILES string of the molecule is C=C(COC(c1ccccc1)c1ccccc1)N1C(C)CN(CC2CCOCC2)CC1C. The van der Waals surface area contributed by atoms with E-state index in [1.165, 1.54) is 30.5 Å². The molecule has 0 aliphatic carbocycles. The Hall–Kier alpha value is -2.14. The van der Waals surface area contributed by atoms with E-state index in [1.807, 2.05) is 12.1 Å². The summed E-state index contributed by atoms with van der Waals surface area (Å²) in [5.41, 5.74) is 3.43. The summed E-state index contributed by atoms with van der Waals surface area (Å²) in [7, 11) is 0. The van der Waals surface area contributed by atoms with E-state index in [0.717, 1.165) is 37.9 Å². The first-order valence-electron chi connectivity index (χ1n) is 12.1. The molecule has 2 atom stereocenters. The minimum absolute atomic E-state index is 0.0884. The summed E-state index contributed by atoms with van der Waals surface area (Å²) in [6.45, 7) is 14.8. The molecular weight excluding hydrogens is 396 g/mol. The monoisotopic (exact) mass is 434 g/mol. The highest BCUT2D eigenvalue weighted by atomic mass is 16.5. The van der Waals surface area contributed by atoms with Gasteiger partial charge < -0.3 is 14.4 Å². The molecule has 2 aromatic carbocycles. The van der Waals surface area contributed by atoms with Gasteiger partial charge in [0.25, 0.3) is 0 Å². The van der Waals surface area contributed by atoms with Crippen LogP contribution in [-0.4, -0.2) is 61.3 Å². The van der Waals surface area contributed by atoms with Crippen LogP contribution >= 0.6 is 0 Å². The lowest BCUT2D eigenvalue weighted by molar-refractivity contribution is 0.0110. The van der Waals surface area contributed by atoms with Crippen molar-refractivity contribution in [3.05, 3.63) is 84.1 Å². The molecule has 2 heterocycles. The smallest absolute Gasteiger partial charge is 0.108 e. The maximum absolute atomic E-state index is 6.51. The zero-order valence-electron chi connectivity index (χ0n) is 19.7. The topological polar surface area (TPSA) is 24.9 Å². The number of ether oxygens (including phenoxy) is 2. The van der Waals surface area contributed by atoms with Gasteiger partial charge in [0.05, 0.1) is 6.61 Å². The molecule has 4 nitrogen and oxygen atoms in total. The van der Waals surface area contributed by atoms with Crippen molar-refractivity contribution in [3.63, 3.8) is 0 Å². The Morgan fingerprint density at radius 1 is 0.938 bits per heavy atom. The van der Waals surface area contributed by atoms with Crippen molar-refractivity contribution >= 4 is 0 Å². The Labute approximate surface area is 193 Å². The van der Waals surface area contributed by atoms with Crippen molar-refractivity contribution in [2.24, 2.45) is 5.92 Å².